The maximum atomic E-state index is 13.4. The fourth-order valence-corrected chi connectivity index (χ4v) is 6.61. The Hall–Kier alpha value is -4.21. The standard InChI is InChI=1S/C38H40BrClN2O6/c1-6-7-19-46-32-22-31(42(18-12-17-40)37(44)48-38(2,3)4)35(39)34-29(32)20-24(21-33(34)45-5)41-36(43)47-23-30-27-15-10-8-13-25(27)26-14-9-11-16-28(26)30/h8-17,20-22,30H,6-7,18-19,23H2,1-5H3,(H,41,43)/b17-12+. The van der Waals surface area contributed by atoms with Crippen molar-refractivity contribution in [2.75, 3.05) is 37.1 Å². The van der Waals surface area contributed by atoms with Gasteiger partial charge in [-0.05, 0) is 71.4 Å². The van der Waals surface area contributed by atoms with Gasteiger partial charge in [0.25, 0.3) is 0 Å². The number of ether oxygens (including phenoxy) is 4. The van der Waals surface area contributed by atoms with E-state index >= 15 is 0 Å². The number of carbonyl (C=O) groups is 2. The van der Waals surface area contributed by atoms with E-state index < -0.39 is 17.8 Å². The first-order chi connectivity index (χ1) is 23.1. The Balaban J connectivity index is 1.48. The third-order valence-corrected chi connectivity index (χ3v) is 8.91. The van der Waals surface area contributed by atoms with E-state index in [-0.39, 0.29) is 19.1 Å². The Kier molecular flexibility index (Phi) is 11.2. The molecule has 0 saturated carbocycles. The van der Waals surface area contributed by atoms with Crippen LogP contribution in [0.25, 0.3) is 21.9 Å². The molecule has 8 nitrogen and oxygen atoms in total. The number of carbonyl (C=O) groups excluding carboxylic acids is 2. The van der Waals surface area contributed by atoms with Gasteiger partial charge in [-0.3, -0.25) is 10.2 Å². The zero-order valence-corrected chi connectivity index (χ0v) is 30.1. The van der Waals surface area contributed by atoms with Crippen LogP contribution in [0, 0.1) is 0 Å². The molecule has 0 atom stereocenters. The number of nitrogens with zero attached hydrogens (tertiary/aromatic N) is 1. The summed E-state index contributed by atoms with van der Waals surface area (Å²) in [5.41, 5.74) is 6.19. The molecule has 1 N–H and O–H groups in total. The van der Waals surface area contributed by atoms with Gasteiger partial charge in [-0.1, -0.05) is 79.6 Å². The van der Waals surface area contributed by atoms with Gasteiger partial charge >= 0.3 is 12.2 Å². The third-order valence-electron chi connectivity index (χ3n) is 7.93. The van der Waals surface area contributed by atoms with Crippen LogP contribution in [0.3, 0.4) is 0 Å². The molecule has 10 heteroatoms. The Morgan fingerprint density at radius 3 is 2.27 bits per heavy atom. The van der Waals surface area contributed by atoms with E-state index in [1.54, 1.807) is 25.3 Å². The number of anilines is 2. The molecule has 0 bridgehead atoms. The fourth-order valence-electron chi connectivity index (χ4n) is 5.79. The van der Waals surface area contributed by atoms with Crippen LogP contribution in [0.5, 0.6) is 11.5 Å². The van der Waals surface area contributed by atoms with Gasteiger partial charge in [-0.25, -0.2) is 9.59 Å². The highest BCUT2D eigenvalue weighted by Gasteiger charge is 2.30. The van der Waals surface area contributed by atoms with E-state index in [1.165, 1.54) is 10.4 Å². The number of benzene rings is 4. The number of rotatable bonds is 11. The summed E-state index contributed by atoms with van der Waals surface area (Å²) in [5, 5.41) is 4.21. The molecule has 2 amide bonds. The summed E-state index contributed by atoms with van der Waals surface area (Å²) >= 11 is 9.61. The first kappa shape index (κ1) is 35.1. The Morgan fingerprint density at radius 2 is 1.67 bits per heavy atom. The van der Waals surface area contributed by atoms with E-state index in [0.29, 0.717) is 44.7 Å². The SMILES string of the molecule is CCCCOc1cc(N(C/C=C/Cl)C(=O)OC(C)(C)C)c(Br)c2c(OC)cc(NC(=O)OCC3c4ccccc4-c4ccccc43)cc12. The monoisotopic (exact) mass is 734 g/mol. The van der Waals surface area contributed by atoms with Crippen molar-refractivity contribution < 1.29 is 28.5 Å². The Morgan fingerprint density at radius 1 is 1.00 bits per heavy atom. The quantitative estimate of drug-likeness (QED) is 0.154. The molecule has 0 unspecified atom stereocenters. The molecule has 0 fully saturated rings. The van der Waals surface area contributed by atoms with Gasteiger partial charge in [-0.15, -0.1) is 0 Å². The number of fused-ring (bicyclic) bond motifs is 4. The number of halogens is 2. The number of unbranched alkanes of at least 4 members (excludes halogenated alkanes) is 1. The van der Waals surface area contributed by atoms with Gasteiger partial charge in [0.05, 0.1) is 23.9 Å². The summed E-state index contributed by atoms with van der Waals surface area (Å²) in [4.78, 5) is 28.1. The lowest BCUT2D eigenvalue weighted by molar-refractivity contribution is 0.0584. The van der Waals surface area contributed by atoms with E-state index in [9.17, 15) is 9.59 Å². The number of methoxy groups -OCH3 is 1. The van der Waals surface area contributed by atoms with Crippen molar-refractivity contribution in [3.8, 4) is 22.6 Å². The van der Waals surface area contributed by atoms with Crippen molar-refractivity contribution in [3.05, 3.63) is 93.9 Å². The fraction of sp³-hybridized carbons (Fsp3) is 0.316. The number of hydrogen-bond donors (Lipinski definition) is 1. The predicted octanol–water partition coefficient (Wildman–Crippen LogP) is 10.6. The van der Waals surface area contributed by atoms with E-state index in [2.05, 4.69) is 52.4 Å². The van der Waals surface area contributed by atoms with Crippen molar-refractivity contribution in [3.63, 3.8) is 0 Å². The average Bonchev–Trinajstić information content (AvgIpc) is 3.38. The lowest BCUT2D eigenvalue weighted by atomic mass is 9.98. The van der Waals surface area contributed by atoms with Gasteiger partial charge in [0.2, 0.25) is 0 Å². The summed E-state index contributed by atoms with van der Waals surface area (Å²) in [7, 11) is 1.55. The van der Waals surface area contributed by atoms with E-state index in [0.717, 1.165) is 35.1 Å². The Labute approximate surface area is 295 Å². The molecule has 0 spiro atoms. The van der Waals surface area contributed by atoms with Crippen LogP contribution in [-0.4, -0.2) is 44.7 Å². The van der Waals surface area contributed by atoms with Crippen LogP contribution in [0.4, 0.5) is 21.0 Å². The van der Waals surface area contributed by atoms with Crippen molar-refractivity contribution in [1.82, 2.24) is 0 Å². The van der Waals surface area contributed by atoms with Crippen molar-refractivity contribution >= 4 is 61.9 Å². The van der Waals surface area contributed by atoms with Gasteiger partial charge in [0.15, 0.2) is 0 Å². The second-order valence-electron chi connectivity index (χ2n) is 12.4. The molecule has 4 aromatic rings. The largest absolute Gasteiger partial charge is 0.496 e. The number of amides is 2. The minimum Gasteiger partial charge on any atom is -0.496 e. The predicted molar refractivity (Wildman–Crippen MR) is 196 cm³/mol. The summed E-state index contributed by atoms with van der Waals surface area (Å²) < 4.78 is 24.3. The minimum absolute atomic E-state index is 0.0659. The first-order valence-corrected chi connectivity index (χ1v) is 17.1. The molecule has 0 aromatic heterocycles. The molecule has 0 heterocycles. The van der Waals surface area contributed by atoms with Crippen molar-refractivity contribution in [2.45, 2.75) is 52.1 Å². The van der Waals surface area contributed by atoms with Gasteiger partial charge in [0.1, 0.15) is 23.7 Å². The maximum Gasteiger partial charge on any atom is 0.415 e. The molecule has 0 saturated heterocycles. The molecule has 0 radical (unpaired) electrons. The first-order valence-electron chi connectivity index (χ1n) is 15.9. The van der Waals surface area contributed by atoms with Crippen LogP contribution in [-0.2, 0) is 9.47 Å². The van der Waals surface area contributed by atoms with Crippen LogP contribution in [0.1, 0.15) is 57.6 Å². The number of nitrogens with one attached hydrogen (secondary N) is 1. The molecule has 5 rings (SSSR count). The summed E-state index contributed by atoms with van der Waals surface area (Å²) in [6, 6.07) is 21.7. The molecule has 48 heavy (non-hydrogen) atoms. The van der Waals surface area contributed by atoms with Crippen LogP contribution >= 0.6 is 27.5 Å². The summed E-state index contributed by atoms with van der Waals surface area (Å²) in [5.74, 6) is 0.894. The highest BCUT2D eigenvalue weighted by molar-refractivity contribution is 9.10. The van der Waals surface area contributed by atoms with Crippen molar-refractivity contribution in [1.29, 1.82) is 0 Å². The second kappa shape index (κ2) is 15.3. The van der Waals surface area contributed by atoms with Gasteiger partial charge in [-0.2, -0.15) is 0 Å². The van der Waals surface area contributed by atoms with Crippen molar-refractivity contribution in [2.24, 2.45) is 0 Å². The number of hydrogen-bond acceptors (Lipinski definition) is 6. The Bertz CT molecular complexity index is 1790. The van der Waals surface area contributed by atoms with E-state index in [4.69, 9.17) is 30.5 Å². The highest BCUT2D eigenvalue weighted by Crippen LogP contribution is 2.47. The molecular weight excluding hydrogens is 696 g/mol. The zero-order chi connectivity index (χ0) is 34.4. The average molecular weight is 736 g/mol. The minimum atomic E-state index is -0.721. The topological polar surface area (TPSA) is 86.3 Å². The van der Waals surface area contributed by atoms with Crippen LogP contribution in [0.15, 0.2) is 82.8 Å². The molecule has 0 aliphatic heterocycles. The summed E-state index contributed by atoms with van der Waals surface area (Å²) in [6.45, 7) is 8.29. The van der Waals surface area contributed by atoms with E-state index in [1.807, 2.05) is 51.1 Å². The lowest BCUT2D eigenvalue weighted by Gasteiger charge is -2.28. The smallest absolute Gasteiger partial charge is 0.415 e. The van der Waals surface area contributed by atoms with Crippen LogP contribution < -0.4 is 19.7 Å². The molecule has 1 aliphatic carbocycles. The second-order valence-corrected chi connectivity index (χ2v) is 13.5. The summed E-state index contributed by atoms with van der Waals surface area (Å²) in [6.07, 6.45) is 2.27. The normalized spacial score (nSPS) is 12.5. The van der Waals surface area contributed by atoms with Crippen LogP contribution in [0.2, 0.25) is 0 Å². The highest BCUT2D eigenvalue weighted by atomic mass is 79.9. The van der Waals surface area contributed by atoms with Gasteiger partial charge in [0, 0.05) is 46.6 Å². The maximum absolute atomic E-state index is 13.4. The molecular formula is C38H40BrClN2O6. The third kappa shape index (κ3) is 7.74. The molecule has 252 valence electrons. The molecule has 1 aliphatic rings. The lowest BCUT2D eigenvalue weighted by Crippen LogP contribution is -2.37. The zero-order valence-electron chi connectivity index (χ0n) is 27.8. The molecule has 4 aromatic carbocycles. The van der Waals surface area contributed by atoms with Gasteiger partial charge < -0.3 is 18.9 Å².